The number of amides is 1. The summed E-state index contributed by atoms with van der Waals surface area (Å²) < 4.78 is 10.9. The fourth-order valence-corrected chi connectivity index (χ4v) is 2.88. The van der Waals surface area contributed by atoms with Gasteiger partial charge in [0.2, 0.25) is 5.91 Å². The predicted molar refractivity (Wildman–Crippen MR) is 83.5 cm³/mol. The molecule has 1 aromatic heterocycles. The average Bonchev–Trinajstić information content (AvgIpc) is 3.40. The molecule has 0 aromatic carbocycles. The van der Waals surface area contributed by atoms with E-state index in [0.717, 1.165) is 24.0 Å². The molecule has 3 rings (SSSR count). The Morgan fingerprint density at radius 1 is 1.45 bits per heavy atom. The first-order valence-corrected chi connectivity index (χ1v) is 8.25. The van der Waals surface area contributed by atoms with Crippen molar-refractivity contribution in [1.82, 2.24) is 10.2 Å². The molecule has 2 aliphatic carbocycles. The molecule has 2 saturated carbocycles. The van der Waals surface area contributed by atoms with Crippen LogP contribution in [-0.2, 0) is 16.1 Å². The van der Waals surface area contributed by atoms with Gasteiger partial charge in [0.1, 0.15) is 11.5 Å². The maximum Gasteiger partial charge on any atom is 0.234 e. The molecule has 0 unspecified atom stereocenters. The topological polar surface area (TPSA) is 54.7 Å². The molecule has 0 saturated heterocycles. The Kier molecular flexibility index (Phi) is 4.84. The molecule has 1 N–H and O–H groups in total. The van der Waals surface area contributed by atoms with Gasteiger partial charge in [0.05, 0.1) is 19.7 Å². The van der Waals surface area contributed by atoms with Crippen LogP contribution in [0.3, 0.4) is 0 Å². The third-order valence-corrected chi connectivity index (χ3v) is 4.55. The zero-order valence-electron chi connectivity index (χ0n) is 13.5. The molecule has 1 amide bonds. The van der Waals surface area contributed by atoms with Crippen molar-refractivity contribution in [2.24, 2.45) is 5.92 Å². The van der Waals surface area contributed by atoms with Crippen molar-refractivity contribution in [2.45, 2.75) is 44.7 Å². The van der Waals surface area contributed by atoms with E-state index in [1.807, 2.05) is 0 Å². The van der Waals surface area contributed by atoms with E-state index in [4.69, 9.17) is 9.15 Å². The van der Waals surface area contributed by atoms with Gasteiger partial charge in [-0.15, -0.1) is 0 Å². The number of carbonyl (C=O) groups excluding carboxylic acids is 1. The largest absolute Gasteiger partial charge is 0.464 e. The molecule has 1 heterocycles. The highest BCUT2D eigenvalue weighted by atomic mass is 16.5. The molecule has 122 valence electrons. The van der Waals surface area contributed by atoms with Crippen molar-refractivity contribution in [3.8, 4) is 0 Å². The van der Waals surface area contributed by atoms with E-state index in [-0.39, 0.29) is 5.91 Å². The molecular formula is C17H26N2O3. The number of hydrogen-bond donors (Lipinski definition) is 1. The Labute approximate surface area is 132 Å². The van der Waals surface area contributed by atoms with Crippen LogP contribution in [0.2, 0.25) is 0 Å². The van der Waals surface area contributed by atoms with Gasteiger partial charge in [0.15, 0.2) is 0 Å². The molecule has 2 aliphatic rings. The fourth-order valence-electron chi connectivity index (χ4n) is 2.88. The third kappa shape index (κ3) is 4.11. The summed E-state index contributed by atoms with van der Waals surface area (Å²) in [5.74, 6) is 3.52. The summed E-state index contributed by atoms with van der Waals surface area (Å²) in [4.78, 5) is 14.2. The Morgan fingerprint density at radius 2 is 2.23 bits per heavy atom. The van der Waals surface area contributed by atoms with Crippen LogP contribution in [0.25, 0.3) is 0 Å². The second kappa shape index (κ2) is 6.84. The summed E-state index contributed by atoms with van der Waals surface area (Å²) in [6.07, 6.45) is 3.60. The van der Waals surface area contributed by atoms with Crippen LogP contribution in [-0.4, -0.2) is 43.7 Å². The fraction of sp³-hybridized carbons (Fsp3) is 0.706. The van der Waals surface area contributed by atoms with Crippen molar-refractivity contribution in [3.63, 3.8) is 0 Å². The quantitative estimate of drug-likeness (QED) is 0.710. The van der Waals surface area contributed by atoms with E-state index in [1.165, 1.54) is 19.3 Å². The summed E-state index contributed by atoms with van der Waals surface area (Å²) in [5.41, 5.74) is 0. The molecule has 5 nitrogen and oxygen atoms in total. The van der Waals surface area contributed by atoms with Crippen LogP contribution in [0.15, 0.2) is 16.5 Å². The standard InChI is InChI=1S/C17H26N2O3/c1-12-9-15(12)16-6-5-14(22-16)10-19(13-3-4-13)11-17(20)18-7-8-21-2/h5-6,12-13,15H,3-4,7-11H2,1-2H3,(H,18,20)/t12-,15+/m1/s1. The maximum absolute atomic E-state index is 12.0. The smallest absolute Gasteiger partial charge is 0.234 e. The Balaban J connectivity index is 1.51. The molecule has 0 spiro atoms. The monoisotopic (exact) mass is 306 g/mol. The van der Waals surface area contributed by atoms with E-state index in [9.17, 15) is 4.79 Å². The number of rotatable bonds is 9. The van der Waals surface area contributed by atoms with E-state index in [2.05, 4.69) is 29.3 Å². The van der Waals surface area contributed by atoms with Gasteiger partial charge in [0, 0.05) is 25.6 Å². The zero-order chi connectivity index (χ0) is 15.5. The highest BCUT2D eigenvalue weighted by molar-refractivity contribution is 5.78. The third-order valence-electron chi connectivity index (χ3n) is 4.55. The van der Waals surface area contributed by atoms with Crippen molar-refractivity contribution >= 4 is 5.91 Å². The van der Waals surface area contributed by atoms with Crippen LogP contribution < -0.4 is 5.32 Å². The van der Waals surface area contributed by atoms with Gasteiger partial charge >= 0.3 is 0 Å². The van der Waals surface area contributed by atoms with Crippen molar-refractivity contribution in [2.75, 3.05) is 26.8 Å². The minimum absolute atomic E-state index is 0.0616. The second-order valence-corrected chi connectivity index (χ2v) is 6.60. The molecule has 1 aromatic rings. The first kappa shape index (κ1) is 15.6. The van der Waals surface area contributed by atoms with Crippen LogP contribution >= 0.6 is 0 Å². The lowest BCUT2D eigenvalue weighted by atomic mass is 10.3. The Hall–Kier alpha value is -1.33. The number of nitrogens with zero attached hydrogens (tertiary/aromatic N) is 1. The summed E-state index contributed by atoms with van der Waals surface area (Å²) >= 11 is 0. The van der Waals surface area contributed by atoms with Gasteiger partial charge in [-0.1, -0.05) is 6.92 Å². The summed E-state index contributed by atoms with van der Waals surface area (Å²) in [6, 6.07) is 4.70. The normalized spacial score (nSPS) is 23.8. The number of ether oxygens (including phenoxy) is 1. The zero-order valence-corrected chi connectivity index (χ0v) is 13.5. The molecular weight excluding hydrogens is 280 g/mol. The van der Waals surface area contributed by atoms with Crippen molar-refractivity contribution in [1.29, 1.82) is 0 Å². The van der Waals surface area contributed by atoms with Crippen LogP contribution in [0, 0.1) is 5.92 Å². The number of nitrogens with one attached hydrogen (secondary N) is 1. The van der Waals surface area contributed by atoms with E-state index in [1.54, 1.807) is 7.11 Å². The highest BCUT2D eigenvalue weighted by Crippen LogP contribution is 2.47. The van der Waals surface area contributed by atoms with E-state index < -0.39 is 0 Å². The van der Waals surface area contributed by atoms with Crippen LogP contribution in [0.5, 0.6) is 0 Å². The molecule has 0 bridgehead atoms. The Morgan fingerprint density at radius 3 is 2.86 bits per heavy atom. The average molecular weight is 306 g/mol. The molecule has 2 atom stereocenters. The molecule has 5 heteroatoms. The van der Waals surface area contributed by atoms with E-state index in [0.29, 0.717) is 31.7 Å². The first-order valence-electron chi connectivity index (χ1n) is 8.25. The lowest BCUT2D eigenvalue weighted by Gasteiger charge is -2.20. The predicted octanol–water partition coefficient (Wildman–Crippen LogP) is 2.13. The SMILES string of the molecule is COCCNC(=O)CN(Cc1ccc([C@H]2C[C@H]2C)o1)C1CC1. The van der Waals surface area contributed by atoms with Crippen LogP contribution in [0.1, 0.15) is 43.6 Å². The van der Waals surface area contributed by atoms with Gasteiger partial charge in [-0.2, -0.15) is 0 Å². The number of methoxy groups -OCH3 is 1. The maximum atomic E-state index is 12.0. The number of carbonyl (C=O) groups is 1. The first-order chi connectivity index (χ1) is 10.7. The second-order valence-electron chi connectivity index (χ2n) is 6.60. The van der Waals surface area contributed by atoms with Gasteiger partial charge in [0.25, 0.3) is 0 Å². The van der Waals surface area contributed by atoms with E-state index >= 15 is 0 Å². The number of furan rings is 1. The number of hydrogen-bond acceptors (Lipinski definition) is 4. The molecule has 22 heavy (non-hydrogen) atoms. The minimum Gasteiger partial charge on any atom is -0.464 e. The van der Waals surface area contributed by atoms with Crippen molar-refractivity contribution < 1.29 is 13.9 Å². The van der Waals surface area contributed by atoms with Crippen molar-refractivity contribution in [3.05, 3.63) is 23.7 Å². The van der Waals surface area contributed by atoms with Gasteiger partial charge in [-0.25, -0.2) is 0 Å². The van der Waals surface area contributed by atoms with Gasteiger partial charge in [-0.3, -0.25) is 9.69 Å². The summed E-state index contributed by atoms with van der Waals surface area (Å²) in [7, 11) is 1.64. The molecule has 2 fully saturated rings. The minimum atomic E-state index is 0.0616. The summed E-state index contributed by atoms with van der Waals surface area (Å²) in [5, 5.41) is 2.89. The highest BCUT2D eigenvalue weighted by Gasteiger charge is 2.37. The van der Waals surface area contributed by atoms with Gasteiger partial charge < -0.3 is 14.5 Å². The van der Waals surface area contributed by atoms with Gasteiger partial charge in [-0.05, 0) is 37.3 Å². The lowest BCUT2D eigenvalue weighted by molar-refractivity contribution is -0.122. The summed E-state index contributed by atoms with van der Waals surface area (Å²) in [6.45, 7) is 4.54. The lowest BCUT2D eigenvalue weighted by Crippen LogP contribution is -2.39. The van der Waals surface area contributed by atoms with Crippen LogP contribution in [0.4, 0.5) is 0 Å². The molecule has 0 aliphatic heterocycles. The molecule has 0 radical (unpaired) electrons. The Bertz CT molecular complexity index is 510.